The number of nitrogens with zero attached hydrogens (tertiary/aromatic N) is 4. The smallest absolute Gasteiger partial charge is 0.199 e. The summed E-state index contributed by atoms with van der Waals surface area (Å²) < 4.78 is 2.02. The fourth-order valence-electron chi connectivity index (χ4n) is 0.711. The van der Waals surface area contributed by atoms with Crippen LogP contribution >= 0.6 is 15.9 Å². The van der Waals surface area contributed by atoms with Crippen molar-refractivity contribution >= 4 is 21.6 Å². The first-order valence-electron chi connectivity index (χ1n) is 2.70. The predicted molar refractivity (Wildman–Crippen MR) is 38.5 cm³/mol. The van der Waals surface area contributed by atoms with Gasteiger partial charge in [0.2, 0.25) is 4.73 Å². The molecule has 5 heteroatoms. The minimum atomic E-state index is 0.561. The van der Waals surface area contributed by atoms with E-state index in [1.165, 1.54) is 4.63 Å². The molecule has 0 atom stereocenters. The Kier molecular flexibility index (Phi) is 1.17. The molecule has 0 spiro atoms. The highest BCUT2D eigenvalue weighted by Gasteiger charge is 1.96. The molecule has 2 aromatic heterocycles. The summed E-state index contributed by atoms with van der Waals surface area (Å²) in [5.41, 5.74) is 0.745. The van der Waals surface area contributed by atoms with E-state index in [2.05, 4.69) is 31.1 Å². The first-order chi connectivity index (χ1) is 4.86. The van der Waals surface area contributed by atoms with Crippen LogP contribution in [0.4, 0.5) is 0 Å². The van der Waals surface area contributed by atoms with Crippen molar-refractivity contribution in [1.82, 2.24) is 19.8 Å². The van der Waals surface area contributed by atoms with E-state index in [1.54, 1.807) is 6.20 Å². The molecule has 0 radical (unpaired) electrons. The third-order valence-corrected chi connectivity index (χ3v) is 1.43. The normalized spacial score (nSPS) is 10.5. The summed E-state index contributed by atoms with van der Waals surface area (Å²) in [6.45, 7) is 0. The average molecular weight is 199 g/mol. The van der Waals surface area contributed by atoms with Gasteiger partial charge in [0.25, 0.3) is 0 Å². The van der Waals surface area contributed by atoms with Crippen LogP contribution in [0.5, 0.6) is 0 Å². The predicted octanol–water partition coefficient (Wildman–Crippen LogP) is 0.887. The molecule has 0 aromatic carbocycles. The molecular weight excluding hydrogens is 196 g/mol. The van der Waals surface area contributed by atoms with Crippen molar-refractivity contribution in [2.75, 3.05) is 0 Å². The molecule has 2 rings (SSSR count). The van der Waals surface area contributed by atoms with Crippen LogP contribution in [0.15, 0.2) is 23.1 Å². The van der Waals surface area contributed by atoms with Gasteiger partial charge in [0.1, 0.15) is 0 Å². The molecular formula is C5H3BrN4. The highest BCUT2D eigenvalue weighted by Crippen LogP contribution is 2.02. The highest BCUT2D eigenvalue weighted by atomic mass is 79.9. The van der Waals surface area contributed by atoms with Crippen LogP contribution in [0.1, 0.15) is 0 Å². The van der Waals surface area contributed by atoms with Crippen LogP contribution in [0.2, 0.25) is 0 Å². The first kappa shape index (κ1) is 5.79. The van der Waals surface area contributed by atoms with Crippen molar-refractivity contribution < 1.29 is 0 Å². The van der Waals surface area contributed by atoms with Gasteiger partial charge in [-0.15, -0.1) is 9.73 Å². The highest BCUT2D eigenvalue weighted by molar-refractivity contribution is 9.10. The Balaban J connectivity index is 2.88. The summed E-state index contributed by atoms with van der Waals surface area (Å²) in [4.78, 5) is 4.02. The Morgan fingerprint density at radius 3 is 3.20 bits per heavy atom. The Bertz CT molecular complexity index is 322. The van der Waals surface area contributed by atoms with Crippen LogP contribution in [0.25, 0.3) is 5.65 Å². The summed E-state index contributed by atoms with van der Waals surface area (Å²) in [7, 11) is 0. The van der Waals surface area contributed by atoms with Crippen LogP contribution in [0.3, 0.4) is 0 Å². The van der Waals surface area contributed by atoms with Crippen molar-refractivity contribution in [1.29, 1.82) is 0 Å². The summed E-state index contributed by atoms with van der Waals surface area (Å²) in [6.07, 6.45) is 1.66. The molecule has 0 saturated heterocycles. The lowest BCUT2D eigenvalue weighted by Crippen LogP contribution is -1.90. The van der Waals surface area contributed by atoms with Crippen molar-refractivity contribution in [3.8, 4) is 0 Å². The average Bonchev–Trinajstić information content (AvgIpc) is 2.27. The molecule has 4 nitrogen and oxygen atoms in total. The second-order valence-corrected chi connectivity index (χ2v) is 2.46. The van der Waals surface area contributed by atoms with Gasteiger partial charge in [-0.25, -0.2) is 0 Å². The van der Waals surface area contributed by atoms with Gasteiger partial charge in [-0.3, -0.25) is 0 Å². The largest absolute Gasteiger partial charge is 0.220 e. The summed E-state index contributed by atoms with van der Waals surface area (Å²) in [6, 6.07) is 3.65. The SMILES string of the molecule is Brc1nc2cccnn2n1. The maximum atomic E-state index is 4.02. The minimum Gasteiger partial charge on any atom is -0.199 e. The van der Waals surface area contributed by atoms with Gasteiger partial charge < -0.3 is 0 Å². The van der Waals surface area contributed by atoms with Crippen molar-refractivity contribution in [3.05, 3.63) is 23.1 Å². The Labute approximate surface area is 65.0 Å². The molecule has 0 N–H and O–H groups in total. The van der Waals surface area contributed by atoms with Crippen LogP contribution in [0, 0.1) is 0 Å². The van der Waals surface area contributed by atoms with E-state index in [1.807, 2.05) is 12.1 Å². The zero-order valence-electron chi connectivity index (χ0n) is 4.90. The van der Waals surface area contributed by atoms with E-state index in [0.29, 0.717) is 4.73 Å². The van der Waals surface area contributed by atoms with Crippen molar-refractivity contribution in [3.63, 3.8) is 0 Å². The number of rotatable bonds is 0. The molecule has 2 heterocycles. The lowest BCUT2D eigenvalue weighted by molar-refractivity contribution is 0.792. The summed E-state index contributed by atoms with van der Waals surface area (Å²) in [5, 5.41) is 7.84. The molecule has 0 aliphatic heterocycles. The topological polar surface area (TPSA) is 43.1 Å². The molecule has 0 amide bonds. The van der Waals surface area contributed by atoms with Crippen LogP contribution in [-0.2, 0) is 0 Å². The number of fused-ring (bicyclic) bond motifs is 1. The van der Waals surface area contributed by atoms with Gasteiger partial charge in [0, 0.05) is 6.20 Å². The van der Waals surface area contributed by atoms with Crippen molar-refractivity contribution in [2.45, 2.75) is 0 Å². The third kappa shape index (κ3) is 0.786. The van der Waals surface area contributed by atoms with Gasteiger partial charge in [-0.05, 0) is 28.1 Å². The van der Waals surface area contributed by atoms with Gasteiger partial charge in [-0.1, -0.05) is 0 Å². The molecule has 0 saturated carbocycles. The first-order valence-corrected chi connectivity index (χ1v) is 3.49. The van der Waals surface area contributed by atoms with E-state index in [9.17, 15) is 0 Å². The third-order valence-electron chi connectivity index (χ3n) is 1.10. The molecule has 2 aromatic rings. The van der Waals surface area contributed by atoms with Gasteiger partial charge in [0.15, 0.2) is 5.65 Å². The maximum absolute atomic E-state index is 4.02. The van der Waals surface area contributed by atoms with E-state index in [-0.39, 0.29) is 0 Å². The van der Waals surface area contributed by atoms with E-state index in [4.69, 9.17) is 0 Å². The Hall–Kier alpha value is -0.970. The van der Waals surface area contributed by atoms with Gasteiger partial charge >= 0.3 is 0 Å². The van der Waals surface area contributed by atoms with E-state index in [0.717, 1.165) is 5.65 Å². The molecule has 0 aliphatic carbocycles. The standard InChI is InChI=1S/C5H3BrN4/c6-5-8-4-2-1-3-7-10(4)9-5/h1-3H. The van der Waals surface area contributed by atoms with Crippen LogP contribution < -0.4 is 0 Å². The number of hydrogen-bond acceptors (Lipinski definition) is 3. The lowest BCUT2D eigenvalue weighted by Gasteiger charge is -1.83. The fourth-order valence-corrected chi connectivity index (χ4v) is 1.04. The quantitative estimate of drug-likeness (QED) is 0.632. The van der Waals surface area contributed by atoms with E-state index < -0.39 is 0 Å². The summed E-state index contributed by atoms with van der Waals surface area (Å²) >= 11 is 3.14. The van der Waals surface area contributed by atoms with Gasteiger partial charge in [-0.2, -0.15) is 10.1 Å². The molecule has 0 unspecified atom stereocenters. The zero-order valence-corrected chi connectivity index (χ0v) is 6.48. The van der Waals surface area contributed by atoms with Crippen LogP contribution in [-0.4, -0.2) is 19.8 Å². The molecule has 50 valence electrons. The fraction of sp³-hybridized carbons (Fsp3) is 0. The molecule has 0 bridgehead atoms. The number of hydrogen-bond donors (Lipinski definition) is 0. The molecule has 0 fully saturated rings. The zero-order chi connectivity index (χ0) is 6.97. The van der Waals surface area contributed by atoms with Crippen molar-refractivity contribution in [2.24, 2.45) is 0 Å². The number of aromatic nitrogens is 4. The minimum absolute atomic E-state index is 0.561. The Morgan fingerprint density at radius 1 is 1.50 bits per heavy atom. The molecule has 0 aliphatic rings. The van der Waals surface area contributed by atoms with E-state index >= 15 is 0 Å². The Morgan fingerprint density at radius 2 is 2.40 bits per heavy atom. The summed E-state index contributed by atoms with van der Waals surface area (Å²) in [5.74, 6) is 0. The maximum Gasteiger partial charge on any atom is 0.220 e. The van der Waals surface area contributed by atoms with Gasteiger partial charge in [0.05, 0.1) is 0 Å². The lowest BCUT2D eigenvalue weighted by atomic mass is 10.6. The molecule has 10 heavy (non-hydrogen) atoms. The number of halogens is 1. The second-order valence-electron chi connectivity index (χ2n) is 1.75. The monoisotopic (exact) mass is 198 g/mol. The second kappa shape index (κ2) is 2.02.